The number of benzene rings is 1. The van der Waals surface area contributed by atoms with Gasteiger partial charge in [0.05, 0.1) is 18.0 Å². The highest BCUT2D eigenvalue weighted by Gasteiger charge is 2.37. The van der Waals surface area contributed by atoms with E-state index in [2.05, 4.69) is 9.55 Å². The Labute approximate surface area is 159 Å². The molecule has 0 saturated heterocycles. The van der Waals surface area contributed by atoms with E-state index in [-0.39, 0.29) is 10.9 Å². The second-order valence-corrected chi connectivity index (χ2v) is 8.45. The Kier molecular flexibility index (Phi) is 4.49. The number of fused-ring (bicyclic) bond motifs is 1. The maximum absolute atomic E-state index is 13.5. The van der Waals surface area contributed by atoms with Crippen LogP contribution in [0.1, 0.15) is 22.9 Å². The van der Waals surface area contributed by atoms with E-state index in [1.807, 2.05) is 37.4 Å². The lowest BCUT2D eigenvalue weighted by Gasteiger charge is -2.36. The topological polar surface area (TPSA) is 64.4 Å². The zero-order chi connectivity index (χ0) is 19.0. The Bertz CT molecular complexity index is 1060. The molecule has 0 spiro atoms. The summed E-state index contributed by atoms with van der Waals surface area (Å²) in [4.78, 5) is 4.35. The van der Waals surface area contributed by atoms with Gasteiger partial charge >= 0.3 is 0 Å². The molecule has 1 aromatic carbocycles. The predicted octanol–water partition coefficient (Wildman–Crippen LogP) is 2.99. The van der Waals surface area contributed by atoms with Gasteiger partial charge in [0.15, 0.2) is 0 Å². The summed E-state index contributed by atoms with van der Waals surface area (Å²) in [6.07, 6.45) is 5.38. The van der Waals surface area contributed by atoms with Crippen molar-refractivity contribution in [2.24, 2.45) is 0 Å². The van der Waals surface area contributed by atoms with Gasteiger partial charge in [0, 0.05) is 37.4 Å². The maximum Gasteiger partial charge on any atom is 0.244 e. The lowest BCUT2D eigenvalue weighted by atomic mass is 10.0. The second kappa shape index (κ2) is 6.83. The summed E-state index contributed by atoms with van der Waals surface area (Å²) in [5.74, 6) is 0.673. The van der Waals surface area contributed by atoms with Gasteiger partial charge < -0.3 is 9.30 Å². The molecule has 1 aliphatic heterocycles. The molecule has 2 aromatic heterocycles. The number of aryl methyl sites for hydroxylation is 1. The van der Waals surface area contributed by atoms with Crippen LogP contribution < -0.4 is 4.74 Å². The molecule has 3 heterocycles. The van der Waals surface area contributed by atoms with Crippen molar-refractivity contribution in [3.63, 3.8) is 0 Å². The molecule has 4 rings (SSSR count). The second-order valence-electron chi connectivity index (χ2n) is 6.56. The average molecular weight is 383 g/mol. The molecule has 6 nitrogen and oxygen atoms in total. The van der Waals surface area contributed by atoms with Crippen LogP contribution in [0.4, 0.5) is 0 Å². The normalized spacial score (nSPS) is 17.5. The number of pyridine rings is 1. The van der Waals surface area contributed by atoms with Crippen LogP contribution in [-0.2, 0) is 16.6 Å². The zero-order valence-corrected chi connectivity index (χ0v) is 16.1. The molecule has 0 aliphatic carbocycles. The molecule has 140 valence electrons. The van der Waals surface area contributed by atoms with Gasteiger partial charge in [-0.2, -0.15) is 4.31 Å². The number of rotatable bonds is 4. The molecular formula is C20H21N3O3S. The van der Waals surface area contributed by atoms with Gasteiger partial charge in [0.25, 0.3) is 0 Å². The summed E-state index contributed by atoms with van der Waals surface area (Å²) >= 11 is 0. The van der Waals surface area contributed by atoms with Crippen molar-refractivity contribution >= 4 is 10.0 Å². The summed E-state index contributed by atoms with van der Waals surface area (Å²) in [7, 11) is -2.11. The molecule has 0 N–H and O–H groups in total. The first-order valence-electron chi connectivity index (χ1n) is 8.74. The van der Waals surface area contributed by atoms with E-state index in [0.29, 0.717) is 18.8 Å². The van der Waals surface area contributed by atoms with Crippen LogP contribution in [0.25, 0.3) is 0 Å². The van der Waals surface area contributed by atoms with Gasteiger partial charge in [0.1, 0.15) is 5.75 Å². The Morgan fingerprint density at radius 2 is 1.89 bits per heavy atom. The van der Waals surface area contributed by atoms with Gasteiger partial charge in [-0.25, -0.2) is 8.42 Å². The monoisotopic (exact) mass is 383 g/mol. The molecule has 7 heteroatoms. The van der Waals surface area contributed by atoms with E-state index in [9.17, 15) is 8.42 Å². The van der Waals surface area contributed by atoms with E-state index in [1.54, 1.807) is 42.0 Å². The van der Waals surface area contributed by atoms with Crippen LogP contribution in [0, 0.1) is 6.92 Å². The molecule has 0 amide bonds. The van der Waals surface area contributed by atoms with Crippen LogP contribution in [0.15, 0.2) is 66.0 Å². The third kappa shape index (κ3) is 3.02. The first-order chi connectivity index (χ1) is 13.0. The van der Waals surface area contributed by atoms with Gasteiger partial charge in [-0.3, -0.25) is 4.98 Å². The molecule has 1 unspecified atom stereocenters. The molecular weight excluding hydrogens is 362 g/mol. The van der Waals surface area contributed by atoms with Gasteiger partial charge in [-0.05, 0) is 60.5 Å². The first-order valence-corrected chi connectivity index (χ1v) is 10.2. The molecule has 0 bridgehead atoms. The third-order valence-corrected chi connectivity index (χ3v) is 6.85. The number of methoxy groups -OCH3 is 1. The minimum Gasteiger partial charge on any atom is -0.496 e. The van der Waals surface area contributed by atoms with Crippen molar-refractivity contribution < 1.29 is 13.2 Å². The largest absolute Gasteiger partial charge is 0.496 e. The summed E-state index contributed by atoms with van der Waals surface area (Å²) in [5, 5.41) is 0. The van der Waals surface area contributed by atoms with E-state index in [4.69, 9.17) is 4.74 Å². The molecule has 0 saturated carbocycles. The molecule has 3 aromatic rings. The van der Waals surface area contributed by atoms with Crippen molar-refractivity contribution in [2.45, 2.75) is 24.4 Å². The number of hydrogen-bond acceptors (Lipinski definition) is 4. The van der Waals surface area contributed by atoms with Gasteiger partial charge in [0.2, 0.25) is 10.0 Å². The number of sulfonamides is 1. The molecule has 0 fully saturated rings. The van der Waals surface area contributed by atoms with Crippen molar-refractivity contribution in [3.8, 4) is 5.75 Å². The Balaban J connectivity index is 1.82. The van der Waals surface area contributed by atoms with Crippen LogP contribution in [0.3, 0.4) is 0 Å². The lowest BCUT2D eigenvalue weighted by molar-refractivity contribution is 0.298. The minimum atomic E-state index is -3.68. The minimum absolute atomic E-state index is 0.278. The Morgan fingerprint density at radius 1 is 1.11 bits per heavy atom. The van der Waals surface area contributed by atoms with Crippen molar-refractivity contribution in [3.05, 3.63) is 77.9 Å². The summed E-state index contributed by atoms with van der Waals surface area (Å²) in [6.45, 7) is 2.87. The quantitative estimate of drug-likeness (QED) is 0.695. The van der Waals surface area contributed by atoms with E-state index < -0.39 is 10.0 Å². The van der Waals surface area contributed by atoms with Crippen LogP contribution >= 0.6 is 0 Å². The van der Waals surface area contributed by atoms with Crippen LogP contribution in [0.2, 0.25) is 0 Å². The van der Waals surface area contributed by atoms with Crippen molar-refractivity contribution in [2.75, 3.05) is 13.7 Å². The standard InChI is InChI=1S/C20H21N3O3S/c1-15-14-17(5-6-19(15)26-2)27(24,25)23-13-12-22-11-3-4-18(22)20(23)16-7-9-21-10-8-16/h3-11,14,20H,12-13H2,1-2H3. The maximum atomic E-state index is 13.5. The number of nitrogens with zero attached hydrogens (tertiary/aromatic N) is 3. The fraction of sp³-hybridized carbons (Fsp3) is 0.250. The van der Waals surface area contributed by atoms with Gasteiger partial charge in [-0.1, -0.05) is 0 Å². The summed E-state index contributed by atoms with van der Waals surface area (Å²) in [5.41, 5.74) is 2.65. The van der Waals surface area contributed by atoms with E-state index >= 15 is 0 Å². The zero-order valence-electron chi connectivity index (χ0n) is 15.2. The third-order valence-electron chi connectivity index (χ3n) is 4.99. The van der Waals surface area contributed by atoms with Crippen LogP contribution in [0.5, 0.6) is 5.75 Å². The van der Waals surface area contributed by atoms with E-state index in [1.165, 1.54) is 0 Å². The van der Waals surface area contributed by atoms with Crippen molar-refractivity contribution in [1.82, 2.24) is 13.9 Å². The highest BCUT2D eigenvalue weighted by molar-refractivity contribution is 7.89. The fourth-order valence-corrected chi connectivity index (χ4v) is 5.32. The molecule has 0 radical (unpaired) electrons. The highest BCUT2D eigenvalue weighted by Crippen LogP contribution is 2.36. The van der Waals surface area contributed by atoms with Gasteiger partial charge in [-0.15, -0.1) is 0 Å². The average Bonchev–Trinajstić information content (AvgIpc) is 3.16. The molecule has 1 atom stereocenters. The van der Waals surface area contributed by atoms with Crippen molar-refractivity contribution in [1.29, 1.82) is 0 Å². The predicted molar refractivity (Wildman–Crippen MR) is 102 cm³/mol. The van der Waals surface area contributed by atoms with E-state index in [0.717, 1.165) is 16.8 Å². The Morgan fingerprint density at radius 3 is 2.59 bits per heavy atom. The smallest absolute Gasteiger partial charge is 0.244 e. The first kappa shape index (κ1) is 17.8. The number of hydrogen-bond donors (Lipinski definition) is 0. The summed E-state index contributed by atoms with van der Waals surface area (Å²) < 4.78 is 36.0. The number of aromatic nitrogens is 2. The SMILES string of the molecule is COc1ccc(S(=O)(=O)N2CCn3cccc3C2c2ccncc2)cc1C. The Hall–Kier alpha value is -2.64. The number of ether oxygens (including phenoxy) is 1. The molecule has 1 aliphatic rings. The highest BCUT2D eigenvalue weighted by atomic mass is 32.2. The lowest BCUT2D eigenvalue weighted by Crippen LogP contribution is -2.42. The summed E-state index contributed by atoms with van der Waals surface area (Å²) in [6, 6.07) is 12.3. The van der Waals surface area contributed by atoms with Crippen LogP contribution in [-0.4, -0.2) is 35.9 Å². The fourth-order valence-electron chi connectivity index (χ4n) is 3.65. The molecule has 27 heavy (non-hydrogen) atoms.